The van der Waals surface area contributed by atoms with Crippen LogP contribution in [0.3, 0.4) is 0 Å². The number of unbranched alkanes of at least 4 members (excludes halogenated alkanes) is 3. The highest BCUT2D eigenvalue weighted by atomic mass is 16.6. The molecule has 0 saturated heterocycles. The highest BCUT2D eigenvalue weighted by Crippen LogP contribution is 2.24. The van der Waals surface area contributed by atoms with Gasteiger partial charge >= 0.3 is 0 Å². The van der Waals surface area contributed by atoms with Crippen molar-refractivity contribution in [1.82, 2.24) is 5.32 Å². The predicted molar refractivity (Wildman–Crippen MR) is 273 cm³/mol. The lowest BCUT2D eigenvalue weighted by molar-refractivity contribution is -0.112. The quantitative estimate of drug-likeness (QED) is 0.0104. The van der Waals surface area contributed by atoms with Gasteiger partial charge in [0, 0.05) is 62.5 Å². The normalized spacial score (nSPS) is 11.9. The van der Waals surface area contributed by atoms with Crippen molar-refractivity contribution in [3.05, 3.63) is 83.5 Å². The number of allylic oxidation sites excluding steroid dienone is 5. The first-order valence-corrected chi connectivity index (χ1v) is 23.1. The van der Waals surface area contributed by atoms with E-state index in [-0.39, 0.29) is 12.5 Å². The van der Waals surface area contributed by atoms with E-state index in [1.54, 1.807) is 26.1 Å². The molecular weight excluding hydrogens is 807 g/mol. The van der Waals surface area contributed by atoms with E-state index in [0.29, 0.717) is 82.9 Å². The van der Waals surface area contributed by atoms with Gasteiger partial charge in [0.2, 0.25) is 6.41 Å². The Hall–Kier alpha value is -4.64. The van der Waals surface area contributed by atoms with Crippen LogP contribution in [-0.4, -0.2) is 109 Å². The first-order chi connectivity index (χ1) is 31.2. The lowest BCUT2D eigenvalue weighted by Gasteiger charge is -2.15. The molecule has 0 aromatic heterocycles. The molecule has 0 atom stereocenters. The fourth-order valence-electron chi connectivity index (χ4n) is 5.26. The predicted octanol–water partition coefficient (Wildman–Crippen LogP) is 10.5. The minimum absolute atomic E-state index is 0.140. The van der Waals surface area contributed by atoms with Crippen LogP contribution >= 0.6 is 0 Å². The van der Waals surface area contributed by atoms with Gasteiger partial charge in [-0.25, -0.2) is 4.99 Å². The van der Waals surface area contributed by atoms with Gasteiger partial charge in [-0.3, -0.25) is 14.6 Å². The monoisotopic (exact) mass is 894 g/mol. The summed E-state index contributed by atoms with van der Waals surface area (Å²) in [4.78, 5) is 32.6. The summed E-state index contributed by atoms with van der Waals surface area (Å²) < 4.78 is 21.9. The summed E-state index contributed by atoms with van der Waals surface area (Å²) in [5.41, 5.74) is 6.41. The summed E-state index contributed by atoms with van der Waals surface area (Å²) in [5.74, 6) is 2.59. The molecule has 0 radical (unpaired) electrons. The number of aliphatic imine (C=N–C) groups is 2. The number of hydrogen-bond acceptors (Lipinski definition) is 9. The molecule has 2 amide bonds. The standard InChI is InChI=1S/C36H58N4O6.C11H19NO.C3H4.C2H6/c1-6-9-12-19-38-32-17-18-34(33(29-32)35(37-5)39-30(4)8-3)40-36(42)31(15-7-2)16-11-10-13-21-43-23-25-45-27-28-46-26-24-44-22-14-20-41;1-4-6-10(3)11(7-5-2)8-12-9-13;1-3-2;1-2/h7,11,15-18,29,38,41H,2,6,8-10,12-14,19-28H2,1,3-5H3,(H,40,42);5,7,9H,4,6,8H2,1-3H3,(H,12,13);1H,2H3;1-2H3/b16-11+,31-15+,37-35?,39-30?;7-5-,11-10-;;. The lowest BCUT2D eigenvalue weighted by Crippen LogP contribution is -2.16. The van der Waals surface area contributed by atoms with E-state index in [4.69, 9.17) is 29.0 Å². The van der Waals surface area contributed by atoms with Crippen molar-refractivity contribution in [1.29, 1.82) is 0 Å². The fourth-order valence-corrected chi connectivity index (χ4v) is 5.26. The number of aliphatic hydroxyl groups is 1. The second-order valence-electron chi connectivity index (χ2n) is 13.9. The van der Waals surface area contributed by atoms with E-state index in [9.17, 15) is 9.59 Å². The van der Waals surface area contributed by atoms with Gasteiger partial charge in [0.1, 0.15) is 0 Å². The second-order valence-corrected chi connectivity index (χ2v) is 13.9. The Morgan fingerprint density at radius 2 is 1.52 bits per heavy atom. The SMILES string of the molecule is C#CC.C/C=C\C(CNC=O)=C(/C)CCC.C=C/C=C(\C=C\CCCOCCOCCOCCOCCCO)C(=O)Nc1ccc(NCCCCC)cc1C(N=C(C)CC)=NC.CC. The molecule has 0 unspecified atom stereocenters. The number of nitrogens with zero attached hydrogens (tertiary/aromatic N) is 2. The van der Waals surface area contributed by atoms with Gasteiger partial charge in [-0.15, -0.1) is 12.3 Å². The molecule has 0 bridgehead atoms. The molecule has 0 spiro atoms. The van der Waals surface area contributed by atoms with Gasteiger partial charge < -0.3 is 40.0 Å². The van der Waals surface area contributed by atoms with Gasteiger partial charge in [0.25, 0.3) is 5.91 Å². The van der Waals surface area contributed by atoms with E-state index < -0.39 is 0 Å². The molecule has 0 aliphatic carbocycles. The van der Waals surface area contributed by atoms with Crippen LogP contribution in [-0.2, 0) is 28.5 Å². The van der Waals surface area contributed by atoms with E-state index in [2.05, 4.69) is 73.6 Å². The van der Waals surface area contributed by atoms with Crippen LogP contribution in [0.5, 0.6) is 0 Å². The average molecular weight is 894 g/mol. The molecule has 0 heterocycles. The van der Waals surface area contributed by atoms with Gasteiger partial charge in [0.15, 0.2) is 5.84 Å². The number of nitrogens with one attached hydrogen (secondary N) is 3. The summed E-state index contributed by atoms with van der Waals surface area (Å²) in [7, 11) is 1.72. The number of amidine groups is 1. The molecule has 4 N–H and O–H groups in total. The molecule has 1 aromatic carbocycles. The van der Waals surface area contributed by atoms with Crippen LogP contribution in [0.4, 0.5) is 11.4 Å². The van der Waals surface area contributed by atoms with E-state index >= 15 is 0 Å². The van der Waals surface area contributed by atoms with E-state index in [1.807, 2.05) is 64.1 Å². The van der Waals surface area contributed by atoms with Crippen molar-refractivity contribution in [2.75, 3.05) is 90.2 Å². The molecule has 0 saturated carbocycles. The molecule has 1 aromatic rings. The highest BCUT2D eigenvalue weighted by Gasteiger charge is 2.15. The molecule has 12 nitrogen and oxygen atoms in total. The number of ether oxygens (including phenoxy) is 4. The van der Waals surface area contributed by atoms with Crippen LogP contribution in [0.2, 0.25) is 0 Å². The van der Waals surface area contributed by atoms with Gasteiger partial charge in [-0.05, 0) is 90.0 Å². The topological polar surface area (TPSA) is 152 Å². The number of carbonyl (C=O) groups is 2. The first kappa shape index (κ1) is 63.6. The summed E-state index contributed by atoms with van der Waals surface area (Å²) in [5, 5.41) is 17.9. The summed E-state index contributed by atoms with van der Waals surface area (Å²) in [6.45, 7) is 27.8. The smallest absolute Gasteiger partial charge is 0.255 e. The van der Waals surface area contributed by atoms with Crippen molar-refractivity contribution in [2.45, 2.75) is 120 Å². The molecule has 64 heavy (non-hydrogen) atoms. The molecule has 0 aliphatic heterocycles. The van der Waals surface area contributed by atoms with Crippen LogP contribution in [0.25, 0.3) is 0 Å². The Bertz CT molecular complexity index is 1560. The lowest BCUT2D eigenvalue weighted by atomic mass is 10.0. The minimum atomic E-state index is -0.237. The zero-order valence-electron chi connectivity index (χ0n) is 41.5. The highest BCUT2D eigenvalue weighted by molar-refractivity contribution is 6.14. The Balaban J connectivity index is -0.00000173. The summed E-state index contributed by atoms with van der Waals surface area (Å²) in [6.07, 6.45) is 25.2. The molecule has 362 valence electrons. The van der Waals surface area contributed by atoms with E-state index in [0.717, 1.165) is 74.9 Å². The number of amides is 2. The molecule has 0 fully saturated rings. The van der Waals surface area contributed by atoms with Crippen molar-refractivity contribution < 1.29 is 33.6 Å². The third-order valence-corrected chi connectivity index (χ3v) is 8.63. The Labute approximate surface area is 389 Å². The zero-order chi connectivity index (χ0) is 48.5. The zero-order valence-corrected chi connectivity index (χ0v) is 41.5. The van der Waals surface area contributed by atoms with Crippen molar-refractivity contribution >= 4 is 35.2 Å². The van der Waals surface area contributed by atoms with E-state index in [1.165, 1.54) is 17.6 Å². The third-order valence-electron chi connectivity index (χ3n) is 8.63. The number of anilines is 2. The largest absolute Gasteiger partial charge is 0.396 e. The molecule has 12 heteroatoms. The van der Waals surface area contributed by atoms with Crippen LogP contribution in [0.1, 0.15) is 126 Å². The molecule has 0 aliphatic rings. The number of rotatable bonds is 33. The third kappa shape index (κ3) is 36.8. The Kier molecular flexibility index (Phi) is 49.1. The molecule has 1 rings (SSSR count). The van der Waals surface area contributed by atoms with Crippen molar-refractivity contribution in [2.24, 2.45) is 9.98 Å². The number of carbonyl (C=O) groups excluding carboxylic acids is 2. The first-order valence-electron chi connectivity index (χ1n) is 23.1. The second kappa shape index (κ2) is 49.4. The number of benzene rings is 1. The van der Waals surface area contributed by atoms with Crippen LogP contribution < -0.4 is 16.0 Å². The van der Waals surface area contributed by atoms with Crippen LogP contribution in [0, 0.1) is 12.3 Å². The maximum atomic E-state index is 13.3. The van der Waals surface area contributed by atoms with Gasteiger partial charge in [-0.2, -0.15) is 0 Å². The van der Waals surface area contributed by atoms with Crippen molar-refractivity contribution in [3.8, 4) is 12.3 Å². The Morgan fingerprint density at radius 3 is 2.03 bits per heavy atom. The van der Waals surface area contributed by atoms with Crippen LogP contribution in [0.15, 0.2) is 87.9 Å². The number of hydrogen-bond donors (Lipinski definition) is 4. The average Bonchev–Trinajstić information content (AvgIpc) is 3.30. The maximum absolute atomic E-state index is 13.3. The summed E-state index contributed by atoms with van der Waals surface area (Å²) >= 11 is 0. The molecular formula is C52H87N5O7. The maximum Gasteiger partial charge on any atom is 0.255 e. The number of aliphatic hydroxyl groups excluding tert-OH is 1. The van der Waals surface area contributed by atoms with Gasteiger partial charge in [0.05, 0.1) is 45.3 Å². The summed E-state index contributed by atoms with van der Waals surface area (Å²) in [6, 6.07) is 5.87. The van der Waals surface area contributed by atoms with Gasteiger partial charge in [-0.1, -0.05) is 102 Å². The van der Waals surface area contributed by atoms with Crippen molar-refractivity contribution in [3.63, 3.8) is 0 Å². The minimum Gasteiger partial charge on any atom is -0.396 e. The number of terminal acetylenes is 1. The fraction of sp³-hybridized carbons (Fsp3) is 0.577. The Morgan fingerprint density at radius 1 is 0.906 bits per heavy atom.